The van der Waals surface area contributed by atoms with Crippen LogP contribution < -0.4 is 0 Å². The van der Waals surface area contributed by atoms with Crippen LogP contribution in [0.25, 0.3) is 17.2 Å². The van der Waals surface area contributed by atoms with E-state index in [1.165, 1.54) is 24.3 Å². The van der Waals surface area contributed by atoms with Crippen molar-refractivity contribution in [1.82, 2.24) is 0 Å². The zero-order valence-electron chi connectivity index (χ0n) is 10.1. The molecule has 2 aromatic carbocycles. The molecule has 0 saturated heterocycles. The number of hydrogen-bond acceptors (Lipinski definition) is 1. The van der Waals surface area contributed by atoms with Gasteiger partial charge in [-0.15, -0.1) is 0 Å². The molecule has 0 aliphatic carbocycles. The van der Waals surface area contributed by atoms with Crippen LogP contribution in [0.4, 0.5) is 13.2 Å². The first-order chi connectivity index (χ1) is 9.50. The van der Waals surface area contributed by atoms with Crippen molar-refractivity contribution in [2.24, 2.45) is 0 Å². The van der Waals surface area contributed by atoms with Gasteiger partial charge in [0, 0.05) is 17.2 Å². The first-order valence-electron chi connectivity index (χ1n) is 5.64. The number of hydrogen-bond donors (Lipinski definition) is 1. The van der Waals surface area contributed by atoms with Gasteiger partial charge in [0.05, 0.1) is 0 Å². The van der Waals surface area contributed by atoms with Crippen LogP contribution in [0.1, 0.15) is 5.56 Å². The second-order valence-electron chi connectivity index (χ2n) is 3.97. The third kappa shape index (κ3) is 2.71. The Morgan fingerprint density at radius 2 is 1.55 bits per heavy atom. The molecule has 2 rings (SSSR count). The molecule has 0 bridgehead atoms. The van der Waals surface area contributed by atoms with Crippen LogP contribution in [-0.4, -0.2) is 11.1 Å². The highest BCUT2D eigenvalue weighted by Gasteiger charge is 2.14. The lowest BCUT2D eigenvalue weighted by atomic mass is 9.98. The van der Waals surface area contributed by atoms with Crippen molar-refractivity contribution >= 4 is 12.0 Å². The lowest BCUT2D eigenvalue weighted by Gasteiger charge is -2.09. The van der Waals surface area contributed by atoms with Gasteiger partial charge in [-0.3, -0.25) is 0 Å². The van der Waals surface area contributed by atoms with Crippen molar-refractivity contribution in [1.29, 1.82) is 0 Å². The lowest BCUT2D eigenvalue weighted by molar-refractivity contribution is -0.131. The van der Waals surface area contributed by atoms with Crippen molar-refractivity contribution in [3.05, 3.63) is 65.5 Å². The Kier molecular flexibility index (Phi) is 3.89. The molecule has 0 aromatic heterocycles. The van der Waals surface area contributed by atoms with E-state index in [-0.39, 0.29) is 16.7 Å². The molecular formula is C15H9F3O2. The molecule has 0 radical (unpaired) electrons. The summed E-state index contributed by atoms with van der Waals surface area (Å²) in [6.07, 6.45) is 1.75. The maximum absolute atomic E-state index is 13.8. The lowest BCUT2D eigenvalue weighted by Crippen LogP contribution is -1.94. The number of rotatable bonds is 3. The fourth-order valence-electron chi connectivity index (χ4n) is 1.81. The summed E-state index contributed by atoms with van der Waals surface area (Å²) in [4.78, 5) is 10.5. The molecule has 0 atom stereocenters. The van der Waals surface area contributed by atoms with E-state index in [1.54, 1.807) is 0 Å². The maximum Gasteiger partial charge on any atom is 0.328 e. The van der Waals surface area contributed by atoms with Gasteiger partial charge in [-0.05, 0) is 23.8 Å². The number of carboxylic acids is 1. The number of benzene rings is 2. The van der Waals surface area contributed by atoms with Gasteiger partial charge >= 0.3 is 5.97 Å². The highest BCUT2D eigenvalue weighted by Crippen LogP contribution is 2.30. The Bertz CT molecular complexity index is 694. The summed E-state index contributed by atoms with van der Waals surface area (Å²) in [7, 11) is 0. The third-order valence-electron chi connectivity index (χ3n) is 2.69. The van der Waals surface area contributed by atoms with E-state index < -0.39 is 23.4 Å². The van der Waals surface area contributed by atoms with Gasteiger partial charge in [-0.2, -0.15) is 0 Å². The molecule has 0 heterocycles. The summed E-state index contributed by atoms with van der Waals surface area (Å²) < 4.78 is 40.7. The zero-order valence-corrected chi connectivity index (χ0v) is 10.1. The summed E-state index contributed by atoms with van der Waals surface area (Å²) in [5.41, 5.74) is -0.159. The van der Waals surface area contributed by atoms with E-state index in [9.17, 15) is 18.0 Å². The monoisotopic (exact) mass is 278 g/mol. The largest absolute Gasteiger partial charge is 0.478 e. The van der Waals surface area contributed by atoms with Crippen molar-refractivity contribution in [2.75, 3.05) is 0 Å². The molecule has 2 nitrogen and oxygen atoms in total. The standard InChI is InChI=1S/C15H9F3O2/c16-12-5-1-3-9(10(12)7-8-14(19)20)11-4-2-6-13(17)15(11)18/h1-8H,(H,19,20)/b8-7+. The Labute approximate surface area is 112 Å². The Balaban J connectivity index is 2.65. The van der Waals surface area contributed by atoms with Crippen LogP contribution in [0.5, 0.6) is 0 Å². The van der Waals surface area contributed by atoms with Gasteiger partial charge in [0.2, 0.25) is 0 Å². The molecule has 20 heavy (non-hydrogen) atoms. The van der Waals surface area contributed by atoms with Crippen LogP contribution in [0.3, 0.4) is 0 Å². The van der Waals surface area contributed by atoms with Crippen molar-refractivity contribution in [3.8, 4) is 11.1 Å². The Hall–Kier alpha value is -2.56. The van der Waals surface area contributed by atoms with Crippen LogP contribution in [0.2, 0.25) is 0 Å². The van der Waals surface area contributed by atoms with Gasteiger partial charge in [0.15, 0.2) is 11.6 Å². The number of carbonyl (C=O) groups is 1. The highest BCUT2D eigenvalue weighted by atomic mass is 19.2. The fraction of sp³-hybridized carbons (Fsp3) is 0. The summed E-state index contributed by atoms with van der Waals surface area (Å²) >= 11 is 0. The predicted octanol–water partition coefficient (Wildman–Crippen LogP) is 3.87. The second kappa shape index (κ2) is 5.61. The van der Waals surface area contributed by atoms with Gasteiger partial charge in [0.1, 0.15) is 5.82 Å². The number of carboxylic acid groups (broad SMARTS) is 1. The second-order valence-corrected chi connectivity index (χ2v) is 3.97. The molecule has 0 fully saturated rings. The molecule has 102 valence electrons. The molecule has 0 aliphatic heterocycles. The van der Waals surface area contributed by atoms with Gasteiger partial charge < -0.3 is 5.11 Å². The fourth-order valence-corrected chi connectivity index (χ4v) is 1.81. The number of aliphatic carboxylic acids is 1. The quantitative estimate of drug-likeness (QED) is 0.865. The third-order valence-corrected chi connectivity index (χ3v) is 2.69. The molecule has 5 heteroatoms. The summed E-state index contributed by atoms with van der Waals surface area (Å²) in [6, 6.07) is 7.39. The van der Waals surface area contributed by atoms with Gasteiger partial charge in [0.25, 0.3) is 0 Å². The predicted molar refractivity (Wildman–Crippen MR) is 68.4 cm³/mol. The van der Waals surface area contributed by atoms with E-state index >= 15 is 0 Å². The first-order valence-corrected chi connectivity index (χ1v) is 5.64. The maximum atomic E-state index is 13.8. The SMILES string of the molecule is O=C(O)/C=C/c1c(F)cccc1-c1cccc(F)c1F. The molecule has 0 aliphatic rings. The molecule has 0 spiro atoms. The minimum absolute atomic E-state index is 0.0829. The van der Waals surface area contributed by atoms with Crippen LogP contribution in [0.15, 0.2) is 42.5 Å². The summed E-state index contributed by atoms with van der Waals surface area (Å²) in [6.45, 7) is 0. The highest BCUT2D eigenvalue weighted by molar-refractivity contribution is 5.88. The zero-order chi connectivity index (χ0) is 14.7. The average Bonchev–Trinajstić information content (AvgIpc) is 2.40. The molecule has 1 N–H and O–H groups in total. The minimum Gasteiger partial charge on any atom is -0.478 e. The molecule has 0 amide bonds. The van der Waals surface area contributed by atoms with E-state index in [0.717, 1.165) is 24.3 Å². The number of halogens is 3. The van der Waals surface area contributed by atoms with Crippen LogP contribution in [0, 0.1) is 17.5 Å². The van der Waals surface area contributed by atoms with E-state index in [0.29, 0.717) is 0 Å². The van der Waals surface area contributed by atoms with E-state index in [1.807, 2.05) is 0 Å². The minimum atomic E-state index is -1.26. The topological polar surface area (TPSA) is 37.3 Å². The van der Waals surface area contributed by atoms with E-state index in [2.05, 4.69) is 0 Å². The molecule has 2 aromatic rings. The molecule has 0 unspecified atom stereocenters. The van der Waals surface area contributed by atoms with Gasteiger partial charge in [-0.25, -0.2) is 18.0 Å². The van der Waals surface area contributed by atoms with E-state index in [4.69, 9.17) is 5.11 Å². The average molecular weight is 278 g/mol. The summed E-state index contributed by atoms with van der Waals surface area (Å²) in [5.74, 6) is -4.15. The normalized spacial score (nSPS) is 10.9. The Morgan fingerprint density at radius 3 is 2.20 bits per heavy atom. The molecular weight excluding hydrogens is 269 g/mol. The smallest absolute Gasteiger partial charge is 0.328 e. The van der Waals surface area contributed by atoms with Gasteiger partial charge in [-0.1, -0.05) is 24.3 Å². The first kappa shape index (κ1) is 13.9. The van der Waals surface area contributed by atoms with Crippen LogP contribution >= 0.6 is 0 Å². The molecule has 0 saturated carbocycles. The Morgan fingerprint density at radius 1 is 0.950 bits per heavy atom. The van der Waals surface area contributed by atoms with Crippen molar-refractivity contribution < 1.29 is 23.1 Å². The van der Waals surface area contributed by atoms with Crippen molar-refractivity contribution in [3.63, 3.8) is 0 Å². The van der Waals surface area contributed by atoms with Crippen LogP contribution in [-0.2, 0) is 4.79 Å². The summed E-state index contributed by atoms with van der Waals surface area (Å²) in [5, 5.41) is 8.58. The van der Waals surface area contributed by atoms with Crippen molar-refractivity contribution in [2.45, 2.75) is 0 Å².